The SMILES string of the molecule is CNC(=O)c1ccccc1Nc1nc(Nc2cccc(OC)c2)ncc1Cl. The molecule has 8 heteroatoms. The van der Waals surface area contributed by atoms with Crippen LogP contribution in [0.1, 0.15) is 10.4 Å². The number of carbonyl (C=O) groups is 1. The van der Waals surface area contributed by atoms with E-state index in [0.717, 1.165) is 5.69 Å². The Morgan fingerprint density at radius 1 is 1.11 bits per heavy atom. The van der Waals surface area contributed by atoms with Gasteiger partial charge in [0.2, 0.25) is 5.95 Å². The van der Waals surface area contributed by atoms with E-state index in [1.165, 1.54) is 6.20 Å². The number of nitrogens with zero attached hydrogens (tertiary/aromatic N) is 2. The number of halogens is 1. The van der Waals surface area contributed by atoms with Crippen LogP contribution in [0.4, 0.5) is 23.1 Å². The summed E-state index contributed by atoms with van der Waals surface area (Å²) in [6.07, 6.45) is 1.49. The molecule has 0 atom stereocenters. The van der Waals surface area contributed by atoms with E-state index in [-0.39, 0.29) is 5.91 Å². The van der Waals surface area contributed by atoms with Crippen molar-refractivity contribution in [2.45, 2.75) is 0 Å². The average molecular weight is 384 g/mol. The number of ether oxygens (including phenoxy) is 1. The number of para-hydroxylation sites is 1. The Morgan fingerprint density at radius 3 is 2.70 bits per heavy atom. The number of nitrogens with one attached hydrogen (secondary N) is 3. The lowest BCUT2D eigenvalue weighted by Crippen LogP contribution is -2.19. The number of benzene rings is 2. The van der Waals surface area contributed by atoms with Crippen LogP contribution in [0.2, 0.25) is 5.02 Å². The molecule has 0 spiro atoms. The van der Waals surface area contributed by atoms with Crippen LogP contribution in [0, 0.1) is 0 Å². The average Bonchev–Trinajstić information content (AvgIpc) is 2.70. The quantitative estimate of drug-likeness (QED) is 0.596. The van der Waals surface area contributed by atoms with Crippen molar-refractivity contribution in [3.05, 3.63) is 65.3 Å². The van der Waals surface area contributed by atoms with Crippen molar-refractivity contribution in [2.24, 2.45) is 0 Å². The van der Waals surface area contributed by atoms with Crippen molar-refractivity contribution in [3.8, 4) is 5.75 Å². The highest BCUT2D eigenvalue weighted by atomic mass is 35.5. The lowest BCUT2D eigenvalue weighted by atomic mass is 10.1. The maximum absolute atomic E-state index is 12.0. The number of hydrogen-bond acceptors (Lipinski definition) is 6. The summed E-state index contributed by atoms with van der Waals surface area (Å²) >= 11 is 6.23. The van der Waals surface area contributed by atoms with Gasteiger partial charge in [0, 0.05) is 18.8 Å². The van der Waals surface area contributed by atoms with Crippen LogP contribution < -0.4 is 20.7 Å². The molecule has 1 heterocycles. The first kappa shape index (κ1) is 18.5. The highest BCUT2D eigenvalue weighted by Gasteiger charge is 2.12. The fourth-order valence-corrected chi connectivity index (χ4v) is 2.54. The molecule has 0 aliphatic rings. The van der Waals surface area contributed by atoms with E-state index in [2.05, 4.69) is 25.9 Å². The van der Waals surface area contributed by atoms with Crippen LogP contribution in [-0.4, -0.2) is 30.0 Å². The molecule has 0 aliphatic carbocycles. The van der Waals surface area contributed by atoms with Gasteiger partial charge in [-0.2, -0.15) is 4.98 Å². The van der Waals surface area contributed by atoms with Crippen LogP contribution in [-0.2, 0) is 0 Å². The molecule has 1 amide bonds. The summed E-state index contributed by atoms with van der Waals surface area (Å²) in [6, 6.07) is 14.5. The zero-order chi connectivity index (χ0) is 19.2. The Bertz CT molecular complexity index is 964. The molecule has 0 aliphatic heterocycles. The molecule has 0 saturated heterocycles. The van der Waals surface area contributed by atoms with Crippen molar-refractivity contribution in [3.63, 3.8) is 0 Å². The molecular weight excluding hydrogens is 366 g/mol. The number of anilines is 4. The minimum atomic E-state index is -0.210. The third kappa shape index (κ3) is 4.45. The largest absolute Gasteiger partial charge is 0.497 e. The first-order valence-electron chi connectivity index (χ1n) is 8.12. The van der Waals surface area contributed by atoms with E-state index in [4.69, 9.17) is 16.3 Å². The fourth-order valence-electron chi connectivity index (χ4n) is 2.40. The molecule has 0 radical (unpaired) electrons. The van der Waals surface area contributed by atoms with E-state index < -0.39 is 0 Å². The van der Waals surface area contributed by atoms with Crippen LogP contribution in [0.3, 0.4) is 0 Å². The third-order valence-electron chi connectivity index (χ3n) is 3.72. The van der Waals surface area contributed by atoms with E-state index in [9.17, 15) is 4.79 Å². The normalized spacial score (nSPS) is 10.2. The van der Waals surface area contributed by atoms with E-state index in [1.54, 1.807) is 32.4 Å². The van der Waals surface area contributed by atoms with Gasteiger partial charge < -0.3 is 20.7 Å². The summed E-state index contributed by atoms with van der Waals surface area (Å²) in [5.74, 6) is 1.24. The van der Waals surface area contributed by atoms with Crippen molar-refractivity contribution in [1.29, 1.82) is 0 Å². The van der Waals surface area contributed by atoms with Gasteiger partial charge in [-0.25, -0.2) is 4.98 Å². The summed E-state index contributed by atoms with van der Waals surface area (Å²) in [6.45, 7) is 0. The summed E-state index contributed by atoms with van der Waals surface area (Å²) in [5.41, 5.74) is 1.84. The molecule has 138 valence electrons. The smallest absolute Gasteiger partial charge is 0.253 e. The predicted molar refractivity (Wildman–Crippen MR) is 106 cm³/mol. The Labute approximate surface area is 161 Å². The minimum Gasteiger partial charge on any atom is -0.497 e. The Morgan fingerprint density at radius 2 is 1.93 bits per heavy atom. The fraction of sp³-hybridized carbons (Fsp3) is 0.105. The van der Waals surface area contributed by atoms with Crippen LogP contribution in [0.15, 0.2) is 54.7 Å². The topological polar surface area (TPSA) is 88.2 Å². The van der Waals surface area contributed by atoms with Gasteiger partial charge in [0.25, 0.3) is 5.91 Å². The maximum atomic E-state index is 12.0. The summed E-state index contributed by atoms with van der Waals surface area (Å²) in [7, 11) is 3.18. The first-order chi connectivity index (χ1) is 13.1. The van der Waals surface area contributed by atoms with Crippen molar-refractivity contribution >= 4 is 40.6 Å². The molecule has 0 saturated carbocycles. The number of rotatable bonds is 6. The molecule has 7 nitrogen and oxygen atoms in total. The lowest BCUT2D eigenvalue weighted by Gasteiger charge is -2.13. The molecule has 27 heavy (non-hydrogen) atoms. The van der Waals surface area contributed by atoms with Crippen LogP contribution in [0.5, 0.6) is 5.75 Å². The molecule has 0 unspecified atom stereocenters. The predicted octanol–water partition coefficient (Wildman–Crippen LogP) is 3.99. The molecule has 2 aromatic carbocycles. The van der Waals surface area contributed by atoms with Crippen molar-refractivity contribution < 1.29 is 9.53 Å². The zero-order valence-electron chi connectivity index (χ0n) is 14.8. The number of methoxy groups -OCH3 is 1. The Balaban J connectivity index is 1.87. The lowest BCUT2D eigenvalue weighted by molar-refractivity contribution is 0.0964. The van der Waals surface area contributed by atoms with Crippen LogP contribution >= 0.6 is 11.6 Å². The second-order valence-electron chi connectivity index (χ2n) is 5.50. The highest BCUT2D eigenvalue weighted by Crippen LogP contribution is 2.27. The van der Waals surface area contributed by atoms with Gasteiger partial charge in [-0.3, -0.25) is 4.79 Å². The zero-order valence-corrected chi connectivity index (χ0v) is 15.5. The molecule has 3 aromatic rings. The maximum Gasteiger partial charge on any atom is 0.253 e. The number of carbonyl (C=O) groups excluding carboxylic acids is 1. The van der Waals surface area contributed by atoms with Gasteiger partial charge in [-0.05, 0) is 24.3 Å². The number of aromatic nitrogens is 2. The molecule has 0 bridgehead atoms. The minimum absolute atomic E-state index is 0.210. The summed E-state index contributed by atoms with van der Waals surface area (Å²) in [5, 5.41) is 9.14. The summed E-state index contributed by atoms with van der Waals surface area (Å²) < 4.78 is 5.21. The van der Waals surface area contributed by atoms with Crippen LogP contribution in [0.25, 0.3) is 0 Å². The molecule has 3 rings (SSSR count). The van der Waals surface area contributed by atoms with E-state index in [0.29, 0.717) is 33.8 Å². The van der Waals surface area contributed by atoms with Crippen molar-refractivity contribution in [2.75, 3.05) is 24.8 Å². The van der Waals surface area contributed by atoms with Gasteiger partial charge >= 0.3 is 0 Å². The van der Waals surface area contributed by atoms with Gasteiger partial charge in [0.1, 0.15) is 10.8 Å². The van der Waals surface area contributed by atoms with Gasteiger partial charge in [0.05, 0.1) is 24.6 Å². The highest BCUT2D eigenvalue weighted by molar-refractivity contribution is 6.33. The molecule has 1 aromatic heterocycles. The van der Waals surface area contributed by atoms with Gasteiger partial charge in [-0.15, -0.1) is 0 Å². The Hall–Kier alpha value is -3.32. The third-order valence-corrected chi connectivity index (χ3v) is 4.00. The van der Waals surface area contributed by atoms with E-state index >= 15 is 0 Å². The molecule has 3 N–H and O–H groups in total. The standard InChI is InChI=1S/C19H18ClN5O2/c1-21-18(26)14-8-3-4-9-16(14)24-17-15(20)11-22-19(25-17)23-12-6-5-7-13(10-12)27-2/h3-11H,1-2H3,(H,21,26)(H2,22,23,24,25). The summed E-state index contributed by atoms with van der Waals surface area (Å²) in [4.78, 5) is 20.6. The number of amides is 1. The monoisotopic (exact) mass is 383 g/mol. The number of hydrogen-bond donors (Lipinski definition) is 3. The Kier molecular flexibility index (Phi) is 5.73. The van der Waals surface area contributed by atoms with Crippen molar-refractivity contribution in [1.82, 2.24) is 15.3 Å². The molecule has 0 fully saturated rings. The second-order valence-corrected chi connectivity index (χ2v) is 5.90. The van der Waals surface area contributed by atoms with Gasteiger partial charge in [0.15, 0.2) is 5.82 Å². The second kappa shape index (κ2) is 8.37. The first-order valence-corrected chi connectivity index (χ1v) is 8.50. The van der Waals surface area contributed by atoms with E-state index in [1.807, 2.05) is 30.3 Å². The molecular formula is C19H18ClN5O2. The van der Waals surface area contributed by atoms with Gasteiger partial charge in [-0.1, -0.05) is 29.8 Å².